The van der Waals surface area contributed by atoms with Crippen LogP contribution in [0.3, 0.4) is 0 Å². The molecule has 0 radical (unpaired) electrons. The average molecular weight is 311 g/mol. The van der Waals surface area contributed by atoms with Gasteiger partial charge >= 0.3 is 0 Å². The van der Waals surface area contributed by atoms with Crippen molar-refractivity contribution in [2.24, 2.45) is 0 Å². The van der Waals surface area contributed by atoms with Crippen LogP contribution in [0.1, 0.15) is 30.4 Å². The van der Waals surface area contributed by atoms with Gasteiger partial charge in [0.25, 0.3) is 0 Å². The lowest BCUT2D eigenvalue weighted by Crippen LogP contribution is -2.24. The molecule has 122 valence electrons. The van der Waals surface area contributed by atoms with Gasteiger partial charge in [0.15, 0.2) is 0 Å². The third-order valence-corrected chi connectivity index (χ3v) is 3.86. The summed E-state index contributed by atoms with van der Waals surface area (Å²) < 4.78 is 5.15. The van der Waals surface area contributed by atoms with Crippen LogP contribution in [-0.2, 0) is 17.6 Å². The van der Waals surface area contributed by atoms with E-state index in [1.165, 1.54) is 11.1 Å². The summed E-state index contributed by atoms with van der Waals surface area (Å²) in [6, 6.07) is 18.3. The Hall–Kier alpha value is -2.29. The van der Waals surface area contributed by atoms with Crippen LogP contribution in [0, 0.1) is 0 Å². The van der Waals surface area contributed by atoms with Gasteiger partial charge in [0, 0.05) is 13.0 Å². The summed E-state index contributed by atoms with van der Waals surface area (Å²) in [4.78, 5) is 11.8. The average Bonchev–Trinajstić information content (AvgIpc) is 2.61. The first-order chi connectivity index (χ1) is 11.3. The van der Waals surface area contributed by atoms with Crippen LogP contribution >= 0.6 is 0 Å². The Morgan fingerprint density at radius 1 is 0.913 bits per heavy atom. The lowest BCUT2D eigenvalue weighted by atomic mass is 10.1. The Balaban J connectivity index is 1.55. The molecule has 0 aromatic heterocycles. The van der Waals surface area contributed by atoms with Crippen molar-refractivity contribution in [3.63, 3.8) is 0 Å². The summed E-state index contributed by atoms with van der Waals surface area (Å²) >= 11 is 0. The van der Waals surface area contributed by atoms with Gasteiger partial charge in [0.2, 0.25) is 5.91 Å². The number of hydrogen-bond donors (Lipinski definition) is 1. The van der Waals surface area contributed by atoms with Crippen molar-refractivity contribution in [3.8, 4) is 5.75 Å². The second-order valence-electron chi connectivity index (χ2n) is 5.64. The summed E-state index contributed by atoms with van der Waals surface area (Å²) in [6.07, 6.45) is 4.47. The lowest BCUT2D eigenvalue weighted by Gasteiger charge is -2.06. The van der Waals surface area contributed by atoms with Crippen LogP contribution in [0.15, 0.2) is 54.6 Å². The topological polar surface area (TPSA) is 38.3 Å². The minimum absolute atomic E-state index is 0.137. The molecular formula is C20H25NO2. The van der Waals surface area contributed by atoms with Crippen molar-refractivity contribution < 1.29 is 9.53 Å². The highest BCUT2D eigenvalue weighted by Gasteiger charge is 2.01. The van der Waals surface area contributed by atoms with E-state index in [1.54, 1.807) is 7.11 Å². The van der Waals surface area contributed by atoms with E-state index in [0.717, 1.165) is 38.0 Å². The van der Waals surface area contributed by atoms with E-state index in [-0.39, 0.29) is 5.91 Å². The molecule has 23 heavy (non-hydrogen) atoms. The van der Waals surface area contributed by atoms with E-state index in [2.05, 4.69) is 29.6 Å². The van der Waals surface area contributed by atoms with E-state index in [9.17, 15) is 4.79 Å². The van der Waals surface area contributed by atoms with Crippen molar-refractivity contribution in [1.29, 1.82) is 0 Å². The molecule has 2 aromatic carbocycles. The first-order valence-electron chi connectivity index (χ1n) is 8.21. The largest absolute Gasteiger partial charge is 0.497 e. The molecule has 1 amide bonds. The number of nitrogens with one attached hydrogen (secondary N) is 1. The molecule has 0 atom stereocenters. The van der Waals surface area contributed by atoms with Crippen LogP contribution in [0.25, 0.3) is 0 Å². The summed E-state index contributed by atoms with van der Waals surface area (Å²) in [6.45, 7) is 0.754. The Kier molecular flexibility index (Phi) is 7.18. The zero-order chi connectivity index (χ0) is 16.3. The third kappa shape index (κ3) is 6.55. The minimum atomic E-state index is 0.137. The second kappa shape index (κ2) is 9.67. The van der Waals surface area contributed by atoms with Gasteiger partial charge in [-0.1, -0.05) is 42.5 Å². The van der Waals surface area contributed by atoms with Crippen molar-refractivity contribution in [3.05, 3.63) is 65.7 Å². The van der Waals surface area contributed by atoms with E-state index >= 15 is 0 Å². The number of aryl methyl sites for hydroxylation is 2. The summed E-state index contributed by atoms with van der Waals surface area (Å²) in [5.41, 5.74) is 2.52. The van der Waals surface area contributed by atoms with Gasteiger partial charge in [-0.3, -0.25) is 4.79 Å². The van der Waals surface area contributed by atoms with Crippen LogP contribution < -0.4 is 10.1 Å². The Bertz CT molecular complexity index is 578. The fourth-order valence-corrected chi connectivity index (χ4v) is 2.47. The maximum absolute atomic E-state index is 11.8. The number of carbonyl (C=O) groups is 1. The van der Waals surface area contributed by atoms with Crippen molar-refractivity contribution in [1.82, 2.24) is 5.32 Å². The highest BCUT2D eigenvalue weighted by molar-refractivity contribution is 5.76. The third-order valence-electron chi connectivity index (χ3n) is 3.86. The smallest absolute Gasteiger partial charge is 0.220 e. The monoisotopic (exact) mass is 311 g/mol. The van der Waals surface area contributed by atoms with Crippen LogP contribution in [0.2, 0.25) is 0 Å². The van der Waals surface area contributed by atoms with E-state index in [4.69, 9.17) is 4.74 Å². The standard InChI is InChI=1S/C20H25NO2/c1-23-19-13-10-18(11-14-19)9-5-6-16-21-20(22)15-12-17-7-3-2-4-8-17/h2-4,7-8,10-11,13-14H,5-6,9,12,15-16H2,1H3,(H,21,22). The molecule has 0 saturated heterocycles. The molecule has 2 aromatic rings. The Labute approximate surface area is 138 Å². The number of unbranched alkanes of at least 4 members (excludes halogenated alkanes) is 1. The first-order valence-corrected chi connectivity index (χ1v) is 8.21. The predicted molar refractivity (Wildman–Crippen MR) is 93.7 cm³/mol. The second-order valence-corrected chi connectivity index (χ2v) is 5.64. The van der Waals surface area contributed by atoms with Gasteiger partial charge in [-0.05, 0) is 48.9 Å². The van der Waals surface area contributed by atoms with Gasteiger partial charge < -0.3 is 10.1 Å². The molecule has 0 saturated carbocycles. The first kappa shape index (κ1) is 17.1. The van der Waals surface area contributed by atoms with E-state index < -0.39 is 0 Å². The lowest BCUT2D eigenvalue weighted by molar-refractivity contribution is -0.121. The van der Waals surface area contributed by atoms with Crippen molar-refractivity contribution in [2.75, 3.05) is 13.7 Å². The molecule has 0 unspecified atom stereocenters. The molecular weight excluding hydrogens is 286 g/mol. The zero-order valence-electron chi connectivity index (χ0n) is 13.8. The van der Waals surface area contributed by atoms with Crippen LogP contribution in [0.5, 0.6) is 5.75 Å². The molecule has 2 rings (SSSR count). The predicted octanol–water partition coefficient (Wildman–Crippen LogP) is 3.77. The molecule has 3 heteroatoms. The van der Waals surface area contributed by atoms with Crippen molar-refractivity contribution in [2.45, 2.75) is 32.1 Å². The SMILES string of the molecule is COc1ccc(CCCCNC(=O)CCc2ccccc2)cc1. The number of hydrogen-bond acceptors (Lipinski definition) is 2. The number of rotatable bonds is 9. The maximum Gasteiger partial charge on any atom is 0.220 e. The normalized spacial score (nSPS) is 10.3. The molecule has 0 aliphatic heterocycles. The Morgan fingerprint density at radius 2 is 1.61 bits per heavy atom. The van der Waals surface area contributed by atoms with E-state index in [0.29, 0.717) is 6.42 Å². The number of methoxy groups -OCH3 is 1. The summed E-state index contributed by atoms with van der Waals surface area (Å²) in [5, 5.41) is 3.00. The van der Waals surface area contributed by atoms with Gasteiger partial charge in [0.05, 0.1) is 7.11 Å². The van der Waals surface area contributed by atoms with Gasteiger partial charge in [-0.25, -0.2) is 0 Å². The van der Waals surface area contributed by atoms with Gasteiger partial charge in [-0.2, -0.15) is 0 Å². The molecule has 3 nitrogen and oxygen atoms in total. The zero-order valence-corrected chi connectivity index (χ0v) is 13.8. The van der Waals surface area contributed by atoms with Gasteiger partial charge in [-0.15, -0.1) is 0 Å². The molecule has 1 N–H and O–H groups in total. The van der Waals surface area contributed by atoms with Crippen LogP contribution in [0.4, 0.5) is 0 Å². The molecule has 0 bridgehead atoms. The summed E-state index contributed by atoms with van der Waals surface area (Å²) in [5.74, 6) is 1.03. The number of carbonyl (C=O) groups excluding carboxylic acids is 1. The highest BCUT2D eigenvalue weighted by Crippen LogP contribution is 2.13. The molecule has 0 aliphatic carbocycles. The molecule has 0 heterocycles. The fourth-order valence-electron chi connectivity index (χ4n) is 2.47. The number of benzene rings is 2. The Morgan fingerprint density at radius 3 is 2.30 bits per heavy atom. The maximum atomic E-state index is 11.8. The molecule has 0 aliphatic rings. The van der Waals surface area contributed by atoms with Crippen molar-refractivity contribution >= 4 is 5.91 Å². The minimum Gasteiger partial charge on any atom is -0.497 e. The van der Waals surface area contributed by atoms with E-state index in [1.807, 2.05) is 30.3 Å². The highest BCUT2D eigenvalue weighted by atomic mass is 16.5. The molecule has 0 fully saturated rings. The quantitative estimate of drug-likeness (QED) is 0.716. The molecule has 0 spiro atoms. The number of amides is 1. The van der Waals surface area contributed by atoms with Crippen LogP contribution in [-0.4, -0.2) is 19.6 Å². The summed E-state index contributed by atoms with van der Waals surface area (Å²) in [7, 11) is 1.68. The fraction of sp³-hybridized carbons (Fsp3) is 0.350. The van der Waals surface area contributed by atoms with Gasteiger partial charge in [0.1, 0.15) is 5.75 Å². The number of ether oxygens (including phenoxy) is 1.